The summed E-state index contributed by atoms with van der Waals surface area (Å²) < 4.78 is 0. The number of nitrogens with zero attached hydrogens (tertiary/aromatic N) is 2. The van der Waals surface area contributed by atoms with Crippen LogP contribution in [0.3, 0.4) is 0 Å². The summed E-state index contributed by atoms with van der Waals surface area (Å²) in [5, 5.41) is 9.25. The number of guanidine groups is 1. The molecule has 9 heavy (non-hydrogen) atoms. The van der Waals surface area contributed by atoms with Crippen LogP contribution < -0.4 is 5.73 Å². The molecule has 1 heterocycles. The summed E-state index contributed by atoms with van der Waals surface area (Å²) in [5.41, 5.74) is 4.06. The summed E-state index contributed by atoms with van der Waals surface area (Å²) >= 11 is 0. The Bertz CT molecular complexity index is 175. The third kappa shape index (κ3) is 1.08. The van der Waals surface area contributed by atoms with Gasteiger partial charge in [-0.3, -0.25) is 0 Å². The van der Waals surface area contributed by atoms with E-state index in [0.29, 0.717) is 6.42 Å². The molecule has 0 aromatic rings. The van der Waals surface area contributed by atoms with Gasteiger partial charge >= 0.3 is 0 Å². The molecule has 1 atom stereocenters. The molecule has 50 valence electrons. The molecule has 0 saturated carbocycles. The zero-order valence-electron chi connectivity index (χ0n) is 5.20. The Hall–Kier alpha value is -0.900. The van der Waals surface area contributed by atoms with Crippen LogP contribution in [0.1, 0.15) is 13.3 Å². The quantitative estimate of drug-likeness (QED) is 0.497. The largest absolute Gasteiger partial charge is 0.368 e. The summed E-state index contributed by atoms with van der Waals surface area (Å²) in [6.07, 6.45) is 1.86. The first kappa shape index (κ1) is 6.22. The van der Waals surface area contributed by atoms with Crippen LogP contribution in [-0.2, 0) is 0 Å². The molecular formula is C5H9N3O. The van der Waals surface area contributed by atoms with Crippen LogP contribution in [0.2, 0.25) is 0 Å². The predicted octanol–water partition coefficient (Wildman–Crippen LogP) is -0.516. The van der Waals surface area contributed by atoms with Crippen LogP contribution in [0.4, 0.5) is 0 Å². The molecule has 0 aromatic heterocycles. The van der Waals surface area contributed by atoms with E-state index in [2.05, 4.69) is 9.98 Å². The van der Waals surface area contributed by atoms with E-state index in [1.54, 1.807) is 0 Å². The molecule has 1 unspecified atom stereocenters. The Morgan fingerprint density at radius 2 is 2.56 bits per heavy atom. The van der Waals surface area contributed by atoms with Gasteiger partial charge in [0.05, 0.1) is 6.21 Å². The molecule has 0 radical (unpaired) electrons. The van der Waals surface area contributed by atoms with Crippen molar-refractivity contribution in [1.82, 2.24) is 0 Å². The molecular weight excluding hydrogens is 118 g/mol. The second-order valence-corrected chi connectivity index (χ2v) is 1.96. The molecule has 1 rings (SSSR count). The highest BCUT2D eigenvalue weighted by Gasteiger charge is 2.24. The first-order valence-electron chi connectivity index (χ1n) is 2.79. The van der Waals surface area contributed by atoms with E-state index in [4.69, 9.17) is 5.73 Å². The van der Waals surface area contributed by atoms with Gasteiger partial charge in [-0.2, -0.15) is 0 Å². The van der Waals surface area contributed by atoms with E-state index in [1.807, 2.05) is 6.92 Å². The number of rotatable bonds is 1. The smallest absolute Gasteiger partial charge is 0.218 e. The normalized spacial score (nSPS) is 32.9. The highest BCUT2D eigenvalue weighted by atomic mass is 16.3. The number of aliphatic hydroxyl groups is 1. The number of hydrogen-bond donors (Lipinski definition) is 2. The zero-order valence-corrected chi connectivity index (χ0v) is 5.20. The first-order valence-corrected chi connectivity index (χ1v) is 2.79. The van der Waals surface area contributed by atoms with Gasteiger partial charge in [-0.05, 0) is 6.42 Å². The monoisotopic (exact) mass is 127 g/mol. The molecule has 3 N–H and O–H groups in total. The van der Waals surface area contributed by atoms with Gasteiger partial charge in [0.1, 0.15) is 0 Å². The van der Waals surface area contributed by atoms with Gasteiger partial charge in [0.25, 0.3) is 0 Å². The van der Waals surface area contributed by atoms with E-state index in [0.717, 1.165) is 0 Å². The summed E-state index contributed by atoms with van der Waals surface area (Å²) in [6, 6.07) is 0. The van der Waals surface area contributed by atoms with Gasteiger partial charge in [-0.1, -0.05) is 6.92 Å². The van der Waals surface area contributed by atoms with Crippen LogP contribution in [0.5, 0.6) is 0 Å². The zero-order chi connectivity index (χ0) is 6.91. The molecule has 1 aliphatic rings. The average Bonchev–Trinajstić information content (AvgIpc) is 2.13. The molecule has 0 amide bonds. The number of hydrogen-bond acceptors (Lipinski definition) is 4. The van der Waals surface area contributed by atoms with Crippen LogP contribution >= 0.6 is 0 Å². The second kappa shape index (κ2) is 1.80. The minimum atomic E-state index is -1.12. The van der Waals surface area contributed by atoms with Crippen molar-refractivity contribution < 1.29 is 5.11 Å². The van der Waals surface area contributed by atoms with Crippen molar-refractivity contribution in [1.29, 1.82) is 0 Å². The van der Waals surface area contributed by atoms with Gasteiger partial charge in [-0.25, -0.2) is 9.98 Å². The maximum Gasteiger partial charge on any atom is 0.218 e. The van der Waals surface area contributed by atoms with Crippen molar-refractivity contribution in [3.8, 4) is 0 Å². The molecule has 0 saturated heterocycles. The summed E-state index contributed by atoms with van der Waals surface area (Å²) in [6.45, 7) is 1.81. The minimum Gasteiger partial charge on any atom is -0.368 e. The van der Waals surface area contributed by atoms with E-state index in [1.165, 1.54) is 6.21 Å². The summed E-state index contributed by atoms with van der Waals surface area (Å²) in [5.74, 6) is 0.152. The van der Waals surface area contributed by atoms with E-state index in [9.17, 15) is 5.11 Å². The third-order valence-corrected chi connectivity index (χ3v) is 1.23. The minimum absolute atomic E-state index is 0.152. The summed E-state index contributed by atoms with van der Waals surface area (Å²) in [4.78, 5) is 7.28. The van der Waals surface area contributed by atoms with E-state index >= 15 is 0 Å². The molecule has 1 aliphatic heterocycles. The lowest BCUT2D eigenvalue weighted by Gasteiger charge is -2.10. The predicted molar refractivity (Wildman–Crippen MR) is 35.4 cm³/mol. The molecule has 0 aromatic carbocycles. The fourth-order valence-corrected chi connectivity index (χ4v) is 0.596. The lowest BCUT2D eigenvalue weighted by atomic mass is 10.2. The molecule has 0 fully saturated rings. The van der Waals surface area contributed by atoms with Crippen molar-refractivity contribution in [3.63, 3.8) is 0 Å². The topological polar surface area (TPSA) is 71.0 Å². The lowest BCUT2D eigenvalue weighted by molar-refractivity contribution is 0.126. The third-order valence-electron chi connectivity index (χ3n) is 1.23. The van der Waals surface area contributed by atoms with Crippen molar-refractivity contribution >= 4 is 12.2 Å². The fourth-order valence-electron chi connectivity index (χ4n) is 0.596. The van der Waals surface area contributed by atoms with Crippen molar-refractivity contribution in [2.24, 2.45) is 15.7 Å². The Morgan fingerprint density at radius 1 is 1.89 bits per heavy atom. The highest BCUT2D eigenvalue weighted by molar-refractivity contribution is 5.94. The fraction of sp³-hybridized carbons (Fsp3) is 0.600. The second-order valence-electron chi connectivity index (χ2n) is 1.96. The lowest BCUT2D eigenvalue weighted by Crippen LogP contribution is -2.24. The van der Waals surface area contributed by atoms with Crippen LogP contribution in [0, 0.1) is 0 Å². The Balaban J connectivity index is 2.78. The summed E-state index contributed by atoms with van der Waals surface area (Å²) in [7, 11) is 0. The maximum absolute atomic E-state index is 9.25. The highest BCUT2D eigenvalue weighted by Crippen LogP contribution is 2.12. The SMILES string of the molecule is CCC1(O)C=NC(N)=N1. The molecule has 4 heteroatoms. The number of aliphatic imine (C=N–C) groups is 2. The Labute approximate surface area is 53.1 Å². The molecule has 4 nitrogen and oxygen atoms in total. The van der Waals surface area contributed by atoms with Gasteiger partial charge in [0, 0.05) is 0 Å². The number of nitrogens with two attached hydrogens (primary N) is 1. The molecule has 0 aliphatic carbocycles. The van der Waals surface area contributed by atoms with Gasteiger partial charge in [0.15, 0.2) is 5.72 Å². The van der Waals surface area contributed by atoms with E-state index in [-0.39, 0.29) is 5.96 Å². The van der Waals surface area contributed by atoms with Crippen LogP contribution in [-0.4, -0.2) is 23.0 Å². The van der Waals surface area contributed by atoms with Crippen LogP contribution in [0.25, 0.3) is 0 Å². The Morgan fingerprint density at radius 3 is 2.78 bits per heavy atom. The van der Waals surface area contributed by atoms with Crippen molar-refractivity contribution in [2.75, 3.05) is 0 Å². The first-order chi connectivity index (χ1) is 4.16. The van der Waals surface area contributed by atoms with Crippen LogP contribution in [0.15, 0.2) is 9.98 Å². The Kier molecular flexibility index (Phi) is 1.25. The van der Waals surface area contributed by atoms with Crippen molar-refractivity contribution in [3.05, 3.63) is 0 Å². The maximum atomic E-state index is 9.25. The van der Waals surface area contributed by atoms with Gasteiger partial charge in [0.2, 0.25) is 5.96 Å². The van der Waals surface area contributed by atoms with Gasteiger partial charge < -0.3 is 10.8 Å². The standard InChI is InChI=1S/C5H9N3O/c1-2-5(9)3-7-4(6)8-5/h3,9H,2H2,1H3,(H2,6,8). The average molecular weight is 127 g/mol. The molecule has 0 spiro atoms. The van der Waals surface area contributed by atoms with Crippen molar-refractivity contribution in [2.45, 2.75) is 19.1 Å². The van der Waals surface area contributed by atoms with Gasteiger partial charge in [-0.15, -0.1) is 0 Å². The van der Waals surface area contributed by atoms with E-state index < -0.39 is 5.72 Å². The molecule has 0 bridgehead atoms.